The lowest BCUT2D eigenvalue weighted by molar-refractivity contribution is -0.0704. The van der Waals surface area contributed by atoms with E-state index in [1.807, 2.05) is 0 Å². The van der Waals surface area contributed by atoms with Crippen LogP contribution in [0.5, 0.6) is 0 Å². The monoisotopic (exact) mass is 346 g/mol. The van der Waals surface area contributed by atoms with Gasteiger partial charge in [-0.2, -0.15) is 0 Å². The van der Waals surface area contributed by atoms with E-state index in [0.29, 0.717) is 12.2 Å². The minimum Gasteiger partial charge on any atom is -0.373 e. The van der Waals surface area contributed by atoms with Gasteiger partial charge in [-0.3, -0.25) is 9.89 Å². The summed E-state index contributed by atoms with van der Waals surface area (Å²) in [5.41, 5.74) is 2.60. The second kappa shape index (κ2) is 8.68. The molecule has 5 nitrogen and oxygen atoms in total. The Kier molecular flexibility index (Phi) is 6.85. The molecular formula is C20H34N4O. The van der Waals surface area contributed by atoms with Crippen LogP contribution in [0.25, 0.3) is 0 Å². The summed E-state index contributed by atoms with van der Waals surface area (Å²) in [7, 11) is 1.80. The molecule has 5 heteroatoms. The maximum Gasteiger partial charge on any atom is 0.191 e. The Morgan fingerprint density at radius 3 is 2.20 bits per heavy atom. The summed E-state index contributed by atoms with van der Waals surface area (Å²) in [6.45, 7) is 14.4. The van der Waals surface area contributed by atoms with Crippen molar-refractivity contribution in [1.82, 2.24) is 15.5 Å². The van der Waals surface area contributed by atoms with Gasteiger partial charge in [-0.05, 0) is 45.7 Å². The molecule has 140 valence electrons. The molecule has 0 saturated carbocycles. The number of nitrogens with zero attached hydrogens (tertiary/aromatic N) is 2. The molecule has 0 aromatic heterocycles. The van der Waals surface area contributed by atoms with E-state index in [9.17, 15) is 0 Å². The molecule has 0 amide bonds. The van der Waals surface area contributed by atoms with Crippen LogP contribution < -0.4 is 10.6 Å². The van der Waals surface area contributed by atoms with Crippen molar-refractivity contribution in [2.75, 3.05) is 20.1 Å². The van der Waals surface area contributed by atoms with Crippen molar-refractivity contribution in [3.63, 3.8) is 0 Å². The van der Waals surface area contributed by atoms with E-state index in [1.165, 1.54) is 11.1 Å². The summed E-state index contributed by atoms with van der Waals surface area (Å²) in [5, 5.41) is 6.74. The quantitative estimate of drug-likeness (QED) is 0.650. The minimum absolute atomic E-state index is 0.00185. The molecule has 1 heterocycles. The highest BCUT2D eigenvalue weighted by Crippen LogP contribution is 2.14. The summed E-state index contributed by atoms with van der Waals surface area (Å²) >= 11 is 0. The van der Waals surface area contributed by atoms with Gasteiger partial charge in [0.05, 0.1) is 12.2 Å². The van der Waals surface area contributed by atoms with Gasteiger partial charge >= 0.3 is 0 Å². The molecule has 1 aliphatic rings. The highest BCUT2D eigenvalue weighted by atomic mass is 16.5. The van der Waals surface area contributed by atoms with Crippen molar-refractivity contribution in [2.24, 2.45) is 4.99 Å². The first kappa shape index (κ1) is 19.7. The third kappa shape index (κ3) is 7.04. The summed E-state index contributed by atoms with van der Waals surface area (Å²) in [6.07, 6.45) is 0.628. The zero-order chi connectivity index (χ0) is 18.4. The molecule has 2 unspecified atom stereocenters. The van der Waals surface area contributed by atoms with Gasteiger partial charge in [0.1, 0.15) is 0 Å². The zero-order valence-corrected chi connectivity index (χ0v) is 16.6. The Bertz CT molecular complexity index is 552. The first-order valence-electron chi connectivity index (χ1n) is 9.19. The summed E-state index contributed by atoms with van der Waals surface area (Å²) in [4.78, 5) is 6.75. The molecule has 0 radical (unpaired) electrons. The molecule has 2 atom stereocenters. The number of nitrogens with one attached hydrogen (secondary N) is 2. The molecule has 2 N–H and O–H groups in total. The first-order chi connectivity index (χ1) is 11.7. The predicted molar refractivity (Wildman–Crippen MR) is 105 cm³/mol. The maximum absolute atomic E-state index is 5.81. The molecule has 0 bridgehead atoms. The molecule has 1 aromatic rings. The van der Waals surface area contributed by atoms with Gasteiger partial charge in [0.25, 0.3) is 0 Å². The van der Waals surface area contributed by atoms with Gasteiger partial charge in [-0.1, -0.05) is 24.3 Å². The lowest BCUT2D eigenvalue weighted by atomic mass is 10.1. The van der Waals surface area contributed by atoms with Crippen LogP contribution in [0.1, 0.15) is 45.7 Å². The first-order valence-corrected chi connectivity index (χ1v) is 9.19. The lowest BCUT2D eigenvalue weighted by Gasteiger charge is -2.35. The van der Waals surface area contributed by atoms with Crippen molar-refractivity contribution >= 4 is 5.96 Å². The molecule has 1 fully saturated rings. The van der Waals surface area contributed by atoms with E-state index in [1.54, 1.807) is 7.05 Å². The molecule has 1 aromatic carbocycles. The van der Waals surface area contributed by atoms with Gasteiger partial charge in [0, 0.05) is 38.8 Å². The van der Waals surface area contributed by atoms with Crippen molar-refractivity contribution in [2.45, 2.75) is 65.5 Å². The predicted octanol–water partition coefficient (Wildman–Crippen LogP) is 2.76. The maximum atomic E-state index is 5.81. The number of benzene rings is 1. The highest BCUT2D eigenvalue weighted by Gasteiger charge is 2.21. The smallest absolute Gasteiger partial charge is 0.191 e. The van der Waals surface area contributed by atoms with Crippen LogP contribution >= 0.6 is 0 Å². The van der Waals surface area contributed by atoms with E-state index in [-0.39, 0.29) is 5.54 Å². The average Bonchev–Trinajstić information content (AvgIpc) is 2.50. The van der Waals surface area contributed by atoms with Crippen molar-refractivity contribution in [3.05, 3.63) is 35.4 Å². The van der Waals surface area contributed by atoms with E-state index >= 15 is 0 Å². The van der Waals surface area contributed by atoms with Crippen molar-refractivity contribution in [1.29, 1.82) is 0 Å². The fraction of sp³-hybridized carbons (Fsp3) is 0.650. The molecule has 2 rings (SSSR count). The summed E-state index contributed by atoms with van der Waals surface area (Å²) < 4.78 is 5.81. The largest absolute Gasteiger partial charge is 0.373 e. The van der Waals surface area contributed by atoms with E-state index in [0.717, 1.165) is 32.1 Å². The van der Waals surface area contributed by atoms with Gasteiger partial charge in [-0.25, -0.2) is 0 Å². The molecule has 25 heavy (non-hydrogen) atoms. The SMILES string of the molecule is CN=C(NCc1ccc(CN2CC(C)OC(C)C2)cc1)NC(C)(C)C. The number of morpholine rings is 1. The number of guanidine groups is 1. The van der Waals surface area contributed by atoms with Crippen molar-refractivity contribution in [3.8, 4) is 0 Å². The second-order valence-electron chi connectivity index (χ2n) is 8.07. The number of aliphatic imine (C=N–C) groups is 1. The number of hydrogen-bond donors (Lipinski definition) is 2. The van der Waals surface area contributed by atoms with E-state index in [2.05, 4.69) is 79.4 Å². The minimum atomic E-state index is -0.00185. The summed E-state index contributed by atoms with van der Waals surface area (Å²) in [6, 6.07) is 8.84. The van der Waals surface area contributed by atoms with Gasteiger partial charge < -0.3 is 15.4 Å². The van der Waals surface area contributed by atoms with Gasteiger partial charge in [-0.15, -0.1) is 0 Å². The normalized spacial score (nSPS) is 22.7. The number of rotatable bonds is 4. The van der Waals surface area contributed by atoms with Crippen LogP contribution in [0.15, 0.2) is 29.3 Å². The third-order valence-corrected chi connectivity index (χ3v) is 4.10. The van der Waals surface area contributed by atoms with Crippen LogP contribution in [0.3, 0.4) is 0 Å². The Balaban J connectivity index is 1.85. The molecule has 0 aliphatic carbocycles. The Morgan fingerprint density at radius 2 is 1.68 bits per heavy atom. The molecule has 0 spiro atoms. The second-order valence-corrected chi connectivity index (χ2v) is 8.07. The van der Waals surface area contributed by atoms with Crippen LogP contribution in [-0.2, 0) is 17.8 Å². The Morgan fingerprint density at radius 1 is 1.12 bits per heavy atom. The van der Waals surface area contributed by atoms with Crippen molar-refractivity contribution < 1.29 is 4.74 Å². The average molecular weight is 347 g/mol. The van der Waals surface area contributed by atoms with Gasteiger partial charge in [0.15, 0.2) is 5.96 Å². The van der Waals surface area contributed by atoms with Crippen LogP contribution in [0.2, 0.25) is 0 Å². The topological polar surface area (TPSA) is 48.9 Å². The van der Waals surface area contributed by atoms with Crippen LogP contribution in [-0.4, -0.2) is 48.7 Å². The summed E-state index contributed by atoms with van der Waals surface area (Å²) in [5.74, 6) is 0.827. The molecule has 1 aliphatic heterocycles. The van der Waals surface area contributed by atoms with Gasteiger partial charge in [0.2, 0.25) is 0 Å². The van der Waals surface area contributed by atoms with Crippen LogP contribution in [0, 0.1) is 0 Å². The highest BCUT2D eigenvalue weighted by molar-refractivity contribution is 5.80. The number of ether oxygens (including phenoxy) is 1. The fourth-order valence-corrected chi connectivity index (χ4v) is 3.15. The Labute approximate surface area is 152 Å². The standard InChI is InChI=1S/C20H34N4O/c1-15-12-24(13-16(2)25-15)14-18-9-7-17(8-10-18)11-22-19(21-6)23-20(3,4)5/h7-10,15-16H,11-14H2,1-6H3,(H2,21,22,23). The Hall–Kier alpha value is -1.59. The lowest BCUT2D eigenvalue weighted by Crippen LogP contribution is -2.47. The number of hydrogen-bond acceptors (Lipinski definition) is 3. The van der Waals surface area contributed by atoms with E-state index in [4.69, 9.17) is 4.74 Å². The molecule has 1 saturated heterocycles. The molecular weight excluding hydrogens is 312 g/mol. The van der Waals surface area contributed by atoms with E-state index < -0.39 is 0 Å². The fourth-order valence-electron chi connectivity index (χ4n) is 3.15. The zero-order valence-electron chi connectivity index (χ0n) is 16.6. The van der Waals surface area contributed by atoms with Crippen LogP contribution in [0.4, 0.5) is 0 Å². The third-order valence-electron chi connectivity index (χ3n) is 4.10.